The Labute approximate surface area is 197 Å². The molecule has 0 bridgehead atoms. The molecule has 0 saturated carbocycles. The van der Waals surface area contributed by atoms with Gasteiger partial charge in [-0.1, -0.05) is 6.07 Å². The number of hydrogen-bond donors (Lipinski definition) is 1. The monoisotopic (exact) mass is 474 g/mol. The summed E-state index contributed by atoms with van der Waals surface area (Å²) in [4.78, 5) is 15.0. The molecule has 2 aromatic carbocycles. The molecule has 1 saturated heterocycles. The zero-order valence-electron chi connectivity index (χ0n) is 19.8. The van der Waals surface area contributed by atoms with Crippen molar-refractivity contribution in [1.82, 2.24) is 9.62 Å². The summed E-state index contributed by atoms with van der Waals surface area (Å²) in [5.41, 5.74) is 1.58. The molecule has 1 fully saturated rings. The van der Waals surface area contributed by atoms with Crippen LogP contribution >= 0.6 is 0 Å². The predicted molar refractivity (Wildman–Crippen MR) is 128 cm³/mol. The van der Waals surface area contributed by atoms with Gasteiger partial charge in [0.2, 0.25) is 10.0 Å². The minimum absolute atomic E-state index is 0.116. The maximum atomic E-state index is 13.0. The highest BCUT2D eigenvalue weighted by Gasteiger charge is 2.25. The maximum absolute atomic E-state index is 13.0. The predicted octanol–water partition coefficient (Wildman–Crippen LogP) is 3.88. The molecule has 0 aromatic heterocycles. The zero-order valence-corrected chi connectivity index (χ0v) is 20.7. The van der Waals surface area contributed by atoms with Crippen LogP contribution in [-0.4, -0.2) is 52.6 Å². The number of aryl methyl sites for hydroxylation is 1. The van der Waals surface area contributed by atoms with Crippen LogP contribution in [0.1, 0.15) is 49.0 Å². The van der Waals surface area contributed by atoms with Crippen molar-refractivity contribution in [2.45, 2.75) is 50.5 Å². The van der Waals surface area contributed by atoms with E-state index in [9.17, 15) is 13.2 Å². The van der Waals surface area contributed by atoms with Gasteiger partial charge in [-0.05, 0) is 81.3 Å². The van der Waals surface area contributed by atoms with E-state index in [1.54, 1.807) is 40.2 Å². The van der Waals surface area contributed by atoms with Gasteiger partial charge in [-0.3, -0.25) is 4.79 Å². The van der Waals surface area contributed by atoms with Gasteiger partial charge < -0.3 is 14.4 Å². The van der Waals surface area contributed by atoms with Gasteiger partial charge in [0.25, 0.3) is 5.91 Å². The van der Waals surface area contributed by atoms with Crippen LogP contribution in [0, 0.1) is 5.92 Å². The van der Waals surface area contributed by atoms with E-state index in [1.807, 2.05) is 23.1 Å². The minimum Gasteiger partial charge on any atom is -0.497 e. The van der Waals surface area contributed by atoms with Crippen molar-refractivity contribution in [3.8, 4) is 11.5 Å². The molecule has 2 aromatic rings. The van der Waals surface area contributed by atoms with Crippen LogP contribution in [0.5, 0.6) is 11.5 Å². The van der Waals surface area contributed by atoms with E-state index in [0.717, 1.165) is 37.2 Å². The number of hydrogen-bond acceptors (Lipinski definition) is 5. The van der Waals surface area contributed by atoms with Crippen molar-refractivity contribution >= 4 is 15.9 Å². The first-order chi connectivity index (χ1) is 15.7. The molecule has 33 heavy (non-hydrogen) atoms. The number of piperidine rings is 1. The highest BCUT2D eigenvalue weighted by Crippen LogP contribution is 2.27. The number of nitrogens with zero attached hydrogens (tertiary/aromatic N) is 1. The summed E-state index contributed by atoms with van der Waals surface area (Å²) >= 11 is 0. The summed E-state index contributed by atoms with van der Waals surface area (Å²) in [6.45, 7) is 4.88. The van der Waals surface area contributed by atoms with Crippen molar-refractivity contribution < 1.29 is 22.7 Å². The first-order valence-corrected chi connectivity index (χ1v) is 12.8. The number of sulfonamides is 1. The summed E-state index contributed by atoms with van der Waals surface area (Å²) < 4.78 is 38.2. The van der Waals surface area contributed by atoms with Crippen LogP contribution in [-0.2, 0) is 16.4 Å². The third kappa shape index (κ3) is 6.71. The lowest BCUT2D eigenvalue weighted by molar-refractivity contribution is 0.0686. The van der Waals surface area contributed by atoms with Crippen molar-refractivity contribution in [2.75, 3.05) is 27.3 Å². The third-order valence-corrected chi connectivity index (χ3v) is 7.59. The molecule has 7 nitrogen and oxygen atoms in total. The van der Waals surface area contributed by atoms with E-state index in [2.05, 4.69) is 4.72 Å². The molecule has 8 heteroatoms. The summed E-state index contributed by atoms with van der Waals surface area (Å²) in [7, 11) is -0.337. The number of nitrogens with one attached hydrogen (secondary N) is 1. The van der Waals surface area contributed by atoms with Gasteiger partial charge in [-0.15, -0.1) is 0 Å². The molecule has 3 rings (SSSR count). The summed E-state index contributed by atoms with van der Waals surface area (Å²) in [6.07, 6.45) is 3.82. The number of amides is 1. The van der Waals surface area contributed by atoms with Crippen LogP contribution in [0.4, 0.5) is 0 Å². The number of ether oxygens (including phenoxy) is 2. The molecule has 0 atom stereocenters. The van der Waals surface area contributed by atoms with Crippen LogP contribution in [0.3, 0.4) is 0 Å². The molecular weight excluding hydrogens is 440 g/mol. The normalized spacial score (nSPS) is 15.0. The largest absolute Gasteiger partial charge is 0.497 e. The Bertz CT molecular complexity index is 1040. The Hall–Kier alpha value is -2.58. The minimum atomic E-state index is -3.64. The highest BCUT2D eigenvalue weighted by atomic mass is 32.2. The van der Waals surface area contributed by atoms with Crippen LogP contribution in [0.2, 0.25) is 0 Å². The van der Waals surface area contributed by atoms with E-state index in [4.69, 9.17) is 9.47 Å². The van der Waals surface area contributed by atoms with Gasteiger partial charge in [0.1, 0.15) is 11.5 Å². The molecular formula is C25H34N2O5S. The fourth-order valence-corrected chi connectivity index (χ4v) is 5.46. The molecule has 0 unspecified atom stereocenters. The Morgan fingerprint density at radius 2 is 1.70 bits per heavy atom. The average molecular weight is 475 g/mol. The van der Waals surface area contributed by atoms with Gasteiger partial charge in [0, 0.05) is 30.8 Å². The quantitative estimate of drug-likeness (QED) is 0.596. The van der Waals surface area contributed by atoms with Crippen molar-refractivity contribution in [3.63, 3.8) is 0 Å². The van der Waals surface area contributed by atoms with Crippen molar-refractivity contribution in [2.24, 2.45) is 5.92 Å². The molecule has 1 amide bonds. The average Bonchev–Trinajstić information content (AvgIpc) is 2.81. The Balaban J connectivity index is 1.57. The van der Waals surface area contributed by atoms with Crippen LogP contribution in [0.25, 0.3) is 0 Å². The molecule has 0 radical (unpaired) electrons. The highest BCUT2D eigenvalue weighted by molar-refractivity contribution is 7.89. The Kier molecular flexibility index (Phi) is 8.37. The van der Waals surface area contributed by atoms with Crippen LogP contribution in [0.15, 0.2) is 47.4 Å². The standard InChI is InChI=1S/C25H34N2O5S/c1-18(2)26-33(29,30)24-7-5-6-21(16-24)25(28)27-12-10-19(11-13-27)8-9-20-14-22(31-3)17-23(15-20)32-4/h5-7,14-19,26H,8-13H2,1-4H3. The lowest BCUT2D eigenvalue weighted by Crippen LogP contribution is -2.38. The second-order valence-corrected chi connectivity index (χ2v) is 10.5. The number of methoxy groups -OCH3 is 2. The fourth-order valence-electron chi connectivity index (χ4n) is 4.16. The fraction of sp³-hybridized carbons (Fsp3) is 0.480. The molecule has 0 spiro atoms. The Morgan fingerprint density at radius 1 is 1.06 bits per heavy atom. The lowest BCUT2D eigenvalue weighted by atomic mass is 9.90. The van der Waals surface area contributed by atoms with Gasteiger partial charge >= 0.3 is 0 Å². The number of carbonyl (C=O) groups is 1. The second kappa shape index (κ2) is 11.0. The number of rotatable bonds is 9. The number of benzene rings is 2. The Morgan fingerprint density at radius 3 is 2.27 bits per heavy atom. The molecule has 1 aliphatic heterocycles. The van der Waals surface area contributed by atoms with Gasteiger partial charge in [0.05, 0.1) is 19.1 Å². The number of carbonyl (C=O) groups excluding carboxylic acids is 1. The van der Waals surface area contributed by atoms with E-state index >= 15 is 0 Å². The first-order valence-electron chi connectivity index (χ1n) is 11.4. The lowest BCUT2D eigenvalue weighted by Gasteiger charge is -2.32. The topological polar surface area (TPSA) is 84.9 Å². The van der Waals surface area contributed by atoms with Gasteiger partial charge in [-0.2, -0.15) is 0 Å². The summed E-state index contributed by atoms with van der Waals surface area (Å²) in [5, 5.41) is 0. The zero-order chi connectivity index (χ0) is 24.0. The smallest absolute Gasteiger partial charge is 0.253 e. The summed E-state index contributed by atoms with van der Waals surface area (Å²) in [5.74, 6) is 2.00. The van der Waals surface area contributed by atoms with Gasteiger partial charge in [-0.25, -0.2) is 13.1 Å². The first kappa shape index (κ1) is 25.1. The maximum Gasteiger partial charge on any atom is 0.253 e. The molecule has 1 N–H and O–H groups in total. The van der Waals surface area contributed by atoms with E-state index < -0.39 is 10.0 Å². The third-order valence-electron chi connectivity index (χ3n) is 5.94. The van der Waals surface area contributed by atoms with Crippen molar-refractivity contribution in [1.29, 1.82) is 0 Å². The SMILES string of the molecule is COc1cc(CCC2CCN(C(=O)c3cccc(S(=O)(=O)NC(C)C)c3)CC2)cc(OC)c1. The second-order valence-electron chi connectivity index (χ2n) is 8.80. The van der Waals surface area contributed by atoms with E-state index in [0.29, 0.717) is 24.6 Å². The molecule has 0 aliphatic carbocycles. The van der Waals surface area contributed by atoms with Crippen LogP contribution < -0.4 is 14.2 Å². The molecule has 1 aliphatic rings. The summed E-state index contributed by atoms with van der Waals surface area (Å²) in [6, 6.07) is 12.0. The molecule has 180 valence electrons. The molecule has 1 heterocycles. The number of likely N-dealkylation sites (tertiary alicyclic amines) is 1. The van der Waals surface area contributed by atoms with E-state index in [-0.39, 0.29) is 16.8 Å². The van der Waals surface area contributed by atoms with E-state index in [1.165, 1.54) is 17.7 Å². The van der Waals surface area contributed by atoms with Crippen molar-refractivity contribution in [3.05, 3.63) is 53.6 Å². The van der Waals surface area contributed by atoms with Gasteiger partial charge in [0.15, 0.2) is 0 Å².